The number of rotatable bonds is 7. The van der Waals surface area contributed by atoms with Crippen molar-refractivity contribution >= 4 is 17.2 Å². The summed E-state index contributed by atoms with van der Waals surface area (Å²) in [5.41, 5.74) is 2.16. The van der Waals surface area contributed by atoms with E-state index >= 15 is 0 Å². The van der Waals surface area contributed by atoms with Crippen molar-refractivity contribution in [2.45, 2.75) is 33.2 Å². The average Bonchev–Trinajstić information content (AvgIpc) is 2.85. The molecule has 0 radical (unpaired) electrons. The molecule has 0 aliphatic carbocycles. The highest BCUT2D eigenvalue weighted by molar-refractivity contribution is 7.07. The van der Waals surface area contributed by atoms with Crippen molar-refractivity contribution in [3.63, 3.8) is 0 Å². The van der Waals surface area contributed by atoms with Gasteiger partial charge in [-0.2, -0.15) is 0 Å². The van der Waals surface area contributed by atoms with Crippen LogP contribution in [0.15, 0.2) is 40.5 Å². The molecular weight excluding hydrogens is 296 g/mol. The molecule has 1 heterocycles. The van der Waals surface area contributed by atoms with Crippen molar-refractivity contribution in [1.82, 2.24) is 9.47 Å². The summed E-state index contributed by atoms with van der Waals surface area (Å²) in [5.74, 6) is 0.107. The number of hydrogen-bond acceptors (Lipinski definition) is 3. The van der Waals surface area contributed by atoms with E-state index in [0.29, 0.717) is 19.5 Å². The van der Waals surface area contributed by atoms with Crippen LogP contribution in [0.5, 0.6) is 0 Å². The molecule has 0 saturated carbocycles. The van der Waals surface area contributed by atoms with Gasteiger partial charge < -0.3 is 9.47 Å². The van der Waals surface area contributed by atoms with Crippen LogP contribution < -0.4 is 4.87 Å². The molecule has 22 heavy (non-hydrogen) atoms. The van der Waals surface area contributed by atoms with E-state index in [1.165, 1.54) is 16.9 Å². The van der Waals surface area contributed by atoms with Crippen molar-refractivity contribution in [1.29, 1.82) is 0 Å². The Kier molecular flexibility index (Phi) is 5.95. The quantitative estimate of drug-likeness (QED) is 0.788. The summed E-state index contributed by atoms with van der Waals surface area (Å²) in [5, 5.41) is 1.83. The van der Waals surface area contributed by atoms with Crippen LogP contribution in [-0.4, -0.2) is 28.5 Å². The number of likely N-dealkylation sites (N-methyl/N-ethyl adjacent to an activating group) is 1. The van der Waals surface area contributed by atoms with Gasteiger partial charge in [0.15, 0.2) is 0 Å². The second-order valence-electron chi connectivity index (χ2n) is 5.25. The number of carbonyl (C=O) groups is 1. The normalized spacial score (nSPS) is 10.6. The Morgan fingerprint density at radius 3 is 2.59 bits per heavy atom. The molecule has 0 fully saturated rings. The molecule has 0 unspecified atom stereocenters. The van der Waals surface area contributed by atoms with E-state index in [4.69, 9.17) is 0 Å². The van der Waals surface area contributed by atoms with Crippen molar-refractivity contribution in [3.05, 3.63) is 56.6 Å². The van der Waals surface area contributed by atoms with Gasteiger partial charge in [0.05, 0.1) is 0 Å². The van der Waals surface area contributed by atoms with Gasteiger partial charge in [-0.1, -0.05) is 41.7 Å². The molecular formula is C17H22N2O2S. The standard InChI is InChI=1S/C17H22N2O2S/c1-3-18(11-9-15-7-5-4-6-8-15)16(20)10-12-19-14(2)13-22-17(19)21/h4-8,13H,3,9-12H2,1-2H3. The van der Waals surface area contributed by atoms with Crippen molar-refractivity contribution in [3.8, 4) is 0 Å². The molecule has 2 aromatic rings. The van der Waals surface area contributed by atoms with Gasteiger partial charge in [-0.15, -0.1) is 0 Å². The van der Waals surface area contributed by atoms with Gasteiger partial charge in [0.25, 0.3) is 0 Å². The zero-order chi connectivity index (χ0) is 15.9. The number of nitrogens with zero attached hydrogens (tertiary/aromatic N) is 2. The largest absolute Gasteiger partial charge is 0.343 e. The van der Waals surface area contributed by atoms with Crippen LogP contribution in [0, 0.1) is 6.92 Å². The molecule has 0 bridgehead atoms. The summed E-state index contributed by atoms with van der Waals surface area (Å²) in [6, 6.07) is 10.2. The van der Waals surface area contributed by atoms with E-state index in [1.54, 1.807) is 4.57 Å². The minimum atomic E-state index is 0.0117. The Morgan fingerprint density at radius 2 is 2.00 bits per heavy atom. The third kappa shape index (κ3) is 4.31. The summed E-state index contributed by atoms with van der Waals surface area (Å²) in [6.07, 6.45) is 1.23. The van der Waals surface area contributed by atoms with E-state index in [0.717, 1.165) is 18.7 Å². The van der Waals surface area contributed by atoms with E-state index in [1.807, 2.05) is 42.3 Å². The monoisotopic (exact) mass is 318 g/mol. The fourth-order valence-corrected chi connectivity index (χ4v) is 3.17. The Morgan fingerprint density at radius 1 is 1.27 bits per heavy atom. The van der Waals surface area contributed by atoms with E-state index in [2.05, 4.69) is 12.1 Å². The molecule has 0 aliphatic heterocycles. The molecule has 2 rings (SSSR count). The highest BCUT2D eigenvalue weighted by Gasteiger charge is 2.13. The zero-order valence-corrected chi connectivity index (χ0v) is 13.9. The molecule has 0 aliphatic rings. The first-order chi connectivity index (χ1) is 10.6. The number of amides is 1. The Labute approximate surface area is 135 Å². The number of benzene rings is 1. The van der Waals surface area contributed by atoms with Crippen LogP contribution in [0.4, 0.5) is 0 Å². The van der Waals surface area contributed by atoms with Gasteiger partial charge in [-0.25, -0.2) is 0 Å². The SMILES string of the molecule is CCN(CCc1ccccc1)C(=O)CCn1c(C)csc1=O. The maximum absolute atomic E-state index is 12.3. The maximum atomic E-state index is 12.3. The maximum Gasteiger partial charge on any atom is 0.307 e. The Bertz CT molecular complexity index is 661. The fraction of sp³-hybridized carbons (Fsp3) is 0.412. The Balaban J connectivity index is 1.88. The lowest BCUT2D eigenvalue weighted by Crippen LogP contribution is -2.33. The first-order valence-corrected chi connectivity index (χ1v) is 8.46. The molecule has 0 spiro atoms. The van der Waals surface area contributed by atoms with Gasteiger partial charge >= 0.3 is 4.87 Å². The molecule has 1 aromatic carbocycles. The number of hydrogen-bond donors (Lipinski definition) is 0. The first-order valence-electron chi connectivity index (χ1n) is 7.58. The van der Waals surface area contributed by atoms with Gasteiger partial charge in [0.2, 0.25) is 5.91 Å². The third-order valence-corrected chi connectivity index (χ3v) is 4.65. The molecule has 1 aromatic heterocycles. The van der Waals surface area contributed by atoms with E-state index in [-0.39, 0.29) is 10.8 Å². The van der Waals surface area contributed by atoms with Gasteiger partial charge in [-0.05, 0) is 25.8 Å². The molecule has 1 amide bonds. The second kappa shape index (κ2) is 7.94. The summed E-state index contributed by atoms with van der Waals surface area (Å²) in [4.78, 5) is 25.9. The first kappa shape index (κ1) is 16.5. The number of aromatic nitrogens is 1. The predicted octanol–water partition coefficient (Wildman–Crippen LogP) is 2.70. The number of thiazole rings is 1. The summed E-state index contributed by atoms with van der Waals surface area (Å²) < 4.78 is 1.67. The van der Waals surface area contributed by atoms with Crippen LogP contribution >= 0.6 is 11.3 Å². The number of carbonyl (C=O) groups excluding carboxylic acids is 1. The minimum absolute atomic E-state index is 0.0117. The summed E-state index contributed by atoms with van der Waals surface area (Å²) in [6.45, 7) is 5.77. The molecule has 0 saturated heterocycles. The van der Waals surface area contributed by atoms with Crippen molar-refractivity contribution < 1.29 is 4.79 Å². The van der Waals surface area contributed by atoms with Gasteiger partial charge in [0, 0.05) is 37.1 Å². The smallest absolute Gasteiger partial charge is 0.307 e. The number of aryl methyl sites for hydroxylation is 1. The van der Waals surface area contributed by atoms with E-state index < -0.39 is 0 Å². The van der Waals surface area contributed by atoms with Crippen LogP contribution in [0.25, 0.3) is 0 Å². The Hall–Kier alpha value is -1.88. The lowest BCUT2D eigenvalue weighted by Gasteiger charge is -2.21. The molecule has 0 N–H and O–H groups in total. The highest BCUT2D eigenvalue weighted by Crippen LogP contribution is 2.05. The van der Waals surface area contributed by atoms with Gasteiger partial charge in [0.1, 0.15) is 0 Å². The molecule has 118 valence electrons. The highest BCUT2D eigenvalue weighted by atomic mass is 32.1. The molecule has 4 nitrogen and oxygen atoms in total. The van der Waals surface area contributed by atoms with Crippen LogP contribution in [-0.2, 0) is 17.8 Å². The third-order valence-electron chi connectivity index (χ3n) is 3.77. The fourth-order valence-electron chi connectivity index (χ4n) is 2.41. The minimum Gasteiger partial charge on any atom is -0.343 e. The zero-order valence-electron chi connectivity index (χ0n) is 13.1. The summed E-state index contributed by atoms with van der Waals surface area (Å²) >= 11 is 1.19. The van der Waals surface area contributed by atoms with E-state index in [9.17, 15) is 9.59 Å². The summed E-state index contributed by atoms with van der Waals surface area (Å²) in [7, 11) is 0. The van der Waals surface area contributed by atoms with Gasteiger partial charge in [-0.3, -0.25) is 9.59 Å². The van der Waals surface area contributed by atoms with Crippen LogP contribution in [0.3, 0.4) is 0 Å². The van der Waals surface area contributed by atoms with Crippen molar-refractivity contribution in [2.24, 2.45) is 0 Å². The average molecular weight is 318 g/mol. The van der Waals surface area contributed by atoms with Crippen molar-refractivity contribution in [2.75, 3.05) is 13.1 Å². The molecule has 5 heteroatoms. The lowest BCUT2D eigenvalue weighted by atomic mass is 10.1. The van der Waals surface area contributed by atoms with Crippen LogP contribution in [0.2, 0.25) is 0 Å². The lowest BCUT2D eigenvalue weighted by molar-refractivity contribution is -0.131. The topological polar surface area (TPSA) is 42.3 Å². The second-order valence-corrected chi connectivity index (χ2v) is 6.07. The predicted molar refractivity (Wildman–Crippen MR) is 90.3 cm³/mol. The molecule has 0 atom stereocenters. The van der Waals surface area contributed by atoms with Crippen LogP contribution in [0.1, 0.15) is 24.6 Å².